The minimum absolute atomic E-state index is 0.285. The van der Waals surface area contributed by atoms with Crippen LogP contribution in [0.15, 0.2) is 48.5 Å². The van der Waals surface area contributed by atoms with Crippen molar-refractivity contribution in [1.29, 1.82) is 0 Å². The second-order valence-electron chi connectivity index (χ2n) is 6.73. The summed E-state index contributed by atoms with van der Waals surface area (Å²) in [5, 5.41) is 2.80. The normalized spacial score (nSPS) is 16.6. The monoisotopic (exact) mass is 420 g/mol. The first-order chi connectivity index (χ1) is 13.7. The molecular weight excluding hydrogens is 396 g/mol. The maximum Gasteiger partial charge on any atom is 0.260 e. The van der Waals surface area contributed by atoms with Crippen molar-refractivity contribution in [2.75, 3.05) is 30.8 Å². The van der Waals surface area contributed by atoms with Gasteiger partial charge in [-0.15, -0.1) is 0 Å². The van der Waals surface area contributed by atoms with Crippen LogP contribution in [0.4, 0.5) is 5.69 Å². The maximum absolute atomic E-state index is 12.3. The van der Waals surface area contributed by atoms with Gasteiger partial charge in [0.1, 0.15) is 18.5 Å². The molecule has 0 unspecified atom stereocenters. The van der Waals surface area contributed by atoms with Crippen molar-refractivity contribution in [2.45, 2.75) is 19.1 Å². The second-order valence-corrected chi connectivity index (χ2v) is 8.74. The van der Waals surface area contributed by atoms with E-state index in [4.69, 9.17) is 14.2 Å². The number of para-hydroxylation sites is 2. The highest BCUT2D eigenvalue weighted by Gasteiger charge is 2.23. The van der Waals surface area contributed by atoms with Gasteiger partial charge >= 0.3 is 0 Å². The second kappa shape index (κ2) is 8.60. The quantitative estimate of drug-likeness (QED) is 0.734. The Morgan fingerprint density at radius 1 is 1.21 bits per heavy atom. The Balaban J connectivity index is 1.49. The molecule has 1 N–H and O–H groups in total. The smallest absolute Gasteiger partial charge is 0.260 e. The molecule has 1 aliphatic heterocycles. The Labute approximate surface area is 170 Å². The van der Waals surface area contributed by atoms with Crippen molar-refractivity contribution in [2.24, 2.45) is 0 Å². The van der Waals surface area contributed by atoms with Gasteiger partial charge in [0, 0.05) is 7.05 Å². The molecule has 2 aromatic carbocycles. The molecule has 3 rings (SSSR count). The fourth-order valence-electron chi connectivity index (χ4n) is 2.71. The van der Waals surface area contributed by atoms with Crippen LogP contribution in [0.5, 0.6) is 17.2 Å². The number of fused-ring (bicyclic) bond motifs is 1. The average molecular weight is 420 g/mol. The van der Waals surface area contributed by atoms with Gasteiger partial charge in [0.15, 0.2) is 17.6 Å². The van der Waals surface area contributed by atoms with Crippen LogP contribution in [0.1, 0.15) is 6.92 Å². The minimum Gasteiger partial charge on any atom is -0.486 e. The third-order valence-corrected chi connectivity index (χ3v) is 5.66. The number of carbonyl (C=O) groups excluding carboxylic acids is 1. The SMILES string of the molecule is C[C@H](Oc1ccc(N(C)S(C)(=O)=O)cc1)C(=O)NC[C@H]1COc2ccccc2O1. The van der Waals surface area contributed by atoms with Crippen LogP contribution in [-0.2, 0) is 14.8 Å². The first kappa shape index (κ1) is 20.8. The van der Waals surface area contributed by atoms with Gasteiger partial charge in [-0.2, -0.15) is 0 Å². The number of benzene rings is 2. The number of rotatable bonds is 7. The van der Waals surface area contributed by atoms with Gasteiger partial charge in [0.2, 0.25) is 10.0 Å². The lowest BCUT2D eigenvalue weighted by Crippen LogP contribution is -2.44. The van der Waals surface area contributed by atoms with Crippen LogP contribution in [-0.4, -0.2) is 53.0 Å². The third-order valence-electron chi connectivity index (χ3n) is 4.45. The molecule has 2 aromatic rings. The molecular formula is C20H24N2O6S. The lowest BCUT2D eigenvalue weighted by Gasteiger charge is -2.27. The Morgan fingerprint density at radius 2 is 1.86 bits per heavy atom. The van der Waals surface area contributed by atoms with E-state index in [0.717, 1.165) is 10.6 Å². The van der Waals surface area contributed by atoms with E-state index in [9.17, 15) is 13.2 Å². The van der Waals surface area contributed by atoms with Crippen LogP contribution in [0.2, 0.25) is 0 Å². The van der Waals surface area contributed by atoms with Crippen LogP contribution in [0.3, 0.4) is 0 Å². The summed E-state index contributed by atoms with van der Waals surface area (Å²) in [6.07, 6.45) is 0.112. The summed E-state index contributed by atoms with van der Waals surface area (Å²) in [6, 6.07) is 13.9. The molecule has 0 saturated heterocycles. The van der Waals surface area contributed by atoms with Crippen molar-refractivity contribution in [3.63, 3.8) is 0 Å². The molecule has 9 heteroatoms. The molecule has 8 nitrogen and oxygen atoms in total. The average Bonchev–Trinajstić information content (AvgIpc) is 2.71. The molecule has 0 aromatic heterocycles. The predicted octanol–water partition coefficient (Wildman–Crippen LogP) is 1.81. The molecule has 0 radical (unpaired) electrons. The summed E-state index contributed by atoms with van der Waals surface area (Å²) in [4.78, 5) is 12.3. The molecule has 0 saturated carbocycles. The first-order valence-electron chi connectivity index (χ1n) is 9.11. The summed E-state index contributed by atoms with van der Waals surface area (Å²) < 4.78 is 41.4. The summed E-state index contributed by atoms with van der Waals surface area (Å²) in [5.74, 6) is 1.52. The van der Waals surface area contributed by atoms with Crippen LogP contribution in [0, 0.1) is 0 Å². The fourth-order valence-corrected chi connectivity index (χ4v) is 3.21. The molecule has 29 heavy (non-hydrogen) atoms. The van der Waals surface area contributed by atoms with E-state index in [2.05, 4.69) is 5.32 Å². The molecule has 156 valence electrons. The third kappa shape index (κ3) is 5.32. The number of hydrogen-bond acceptors (Lipinski definition) is 6. The highest BCUT2D eigenvalue weighted by molar-refractivity contribution is 7.92. The number of ether oxygens (including phenoxy) is 3. The number of anilines is 1. The standard InChI is InChI=1S/C20H24N2O6S/c1-14(27-16-10-8-15(9-11-16)22(2)29(3,24)25)20(23)21-12-17-13-26-18-6-4-5-7-19(18)28-17/h4-11,14,17H,12-13H2,1-3H3,(H,21,23)/t14-,17-/m0/s1. The predicted molar refractivity (Wildman–Crippen MR) is 109 cm³/mol. The Hall–Kier alpha value is -2.94. The number of sulfonamides is 1. The van der Waals surface area contributed by atoms with E-state index >= 15 is 0 Å². The minimum atomic E-state index is -3.34. The van der Waals surface area contributed by atoms with E-state index < -0.39 is 16.1 Å². The summed E-state index contributed by atoms with van der Waals surface area (Å²) in [5.41, 5.74) is 0.506. The van der Waals surface area contributed by atoms with Crippen molar-refractivity contribution >= 4 is 21.6 Å². The molecule has 2 atom stereocenters. The largest absolute Gasteiger partial charge is 0.486 e. The molecule has 0 aliphatic carbocycles. The van der Waals surface area contributed by atoms with Crippen LogP contribution >= 0.6 is 0 Å². The van der Waals surface area contributed by atoms with E-state index in [1.807, 2.05) is 24.3 Å². The highest BCUT2D eigenvalue weighted by Crippen LogP contribution is 2.30. The Kier molecular flexibility index (Phi) is 6.17. The van der Waals surface area contributed by atoms with Crippen molar-refractivity contribution in [1.82, 2.24) is 5.32 Å². The lowest BCUT2D eigenvalue weighted by molar-refractivity contribution is -0.127. The van der Waals surface area contributed by atoms with Crippen molar-refractivity contribution < 1.29 is 27.4 Å². The van der Waals surface area contributed by atoms with Crippen LogP contribution in [0.25, 0.3) is 0 Å². The molecule has 0 bridgehead atoms. The van der Waals surface area contributed by atoms with E-state index in [0.29, 0.717) is 36.1 Å². The zero-order valence-electron chi connectivity index (χ0n) is 16.5. The molecule has 0 fully saturated rings. The highest BCUT2D eigenvalue weighted by atomic mass is 32.2. The van der Waals surface area contributed by atoms with Crippen LogP contribution < -0.4 is 23.8 Å². The van der Waals surface area contributed by atoms with E-state index in [-0.39, 0.29) is 12.0 Å². The van der Waals surface area contributed by atoms with E-state index in [1.165, 1.54) is 7.05 Å². The van der Waals surface area contributed by atoms with Crippen molar-refractivity contribution in [3.05, 3.63) is 48.5 Å². The van der Waals surface area contributed by atoms with Gasteiger partial charge in [0.25, 0.3) is 5.91 Å². The summed E-state index contributed by atoms with van der Waals surface area (Å²) >= 11 is 0. The maximum atomic E-state index is 12.3. The number of carbonyl (C=O) groups is 1. The zero-order valence-corrected chi connectivity index (χ0v) is 17.3. The van der Waals surface area contributed by atoms with Crippen molar-refractivity contribution in [3.8, 4) is 17.2 Å². The molecule has 1 heterocycles. The number of nitrogens with zero attached hydrogens (tertiary/aromatic N) is 1. The molecule has 0 spiro atoms. The molecule has 1 aliphatic rings. The molecule has 1 amide bonds. The summed E-state index contributed by atoms with van der Waals surface area (Å²) in [7, 11) is -1.87. The van der Waals surface area contributed by atoms with Gasteiger partial charge in [0.05, 0.1) is 18.5 Å². The lowest BCUT2D eigenvalue weighted by atomic mass is 10.2. The fraction of sp³-hybridized carbons (Fsp3) is 0.350. The Morgan fingerprint density at radius 3 is 2.52 bits per heavy atom. The topological polar surface area (TPSA) is 94.2 Å². The van der Waals surface area contributed by atoms with E-state index in [1.54, 1.807) is 31.2 Å². The van der Waals surface area contributed by atoms with Gasteiger partial charge in [-0.1, -0.05) is 12.1 Å². The first-order valence-corrected chi connectivity index (χ1v) is 11.0. The van der Waals surface area contributed by atoms with Gasteiger partial charge < -0.3 is 19.5 Å². The summed E-state index contributed by atoms with van der Waals surface area (Å²) in [6.45, 7) is 2.28. The van der Waals surface area contributed by atoms with Gasteiger partial charge in [-0.3, -0.25) is 9.10 Å². The van der Waals surface area contributed by atoms with Gasteiger partial charge in [-0.25, -0.2) is 8.42 Å². The Bertz CT molecular complexity index is 961. The number of amides is 1. The number of nitrogens with one attached hydrogen (secondary N) is 1. The zero-order chi connectivity index (χ0) is 21.0. The number of hydrogen-bond donors (Lipinski definition) is 1. The van der Waals surface area contributed by atoms with Gasteiger partial charge in [-0.05, 0) is 43.3 Å².